The van der Waals surface area contributed by atoms with Crippen LogP contribution in [0.5, 0.6) is 0 Å². The molecule has 0 saturated carbocycles. The zero-order chi connectivity index (χ0) is 40.0. The molecule has 0 spiro atoms. The van der Waals surface area contributed by atoms with E-state index >= 15 is 0 Å². The molecule has 0 amide bonds. The maximum absolute atomic E-state index is 5.43. The van der Waals surface area contributed by atoms with Gasteiger partial charge in [0.15, 0.2) is 0 Å². The van der Waals surface area contributed by atoms with Gasteiger partial charge in [0, 0.05) is 25.7 Å². The van der Waals surface area contributed by atoms with Gasteiger partial charge in [-0.3, -0.25) is 9.98 Å². The van der Waals surface area contributed by atoms with Crippen LogP contribution in [0.1, 0.15) is 231 Å². The predicted octanol–water partition coefficient (Wildman–Crippen LogP) is 17.4. The van der Waals surface area contributed by atoms with E-state index in [-0.39, 0.29) is 0 Å². The third-order valence-electron chi connectivity index (χ3n) is 10.9. The third kappa shape index (κ3) is 25.2. The van der Waals surface area contributed by atoms with Gasteiger partial charge in [-0.05, 0) is 87.5 Å². The van der Waals surface area contributed by atoms with Crippen molar-refractivity contribution in [3.8, 4) is 23.7 Å². The van der Waals surface area contributed by atoms with Crippen LogP contribution in [-0.4, -0.2) is 11.4 Å². The second kappa shape index (κ2) is 36.3. The molecule has 2 nitrogen and oxygen atoms in total. The largest absolute Gasteiger partial charge is 0.251 e. The second-order valence-electron chi connectivity index (χ2n) is 16.2. The van der Waals surface area contributed by atoms with E-state index in [0.717, 1.165) is 101 Å². The molecule has 310 valence electrons. The van der Waals surface area contributed by atoms with Gasteiger partial charge < -0.3 is 0 Å². The van der Waals surface area contributed by atoms with Crippen LogP contribution in [0.2, 0.25) is 0 Å². The van der Waals surface area contributed by atoms with Crippen LogP contribution >= 0.6 is 0 Å². The minimum Gasteiger partial charge on any atom is -0.251 e. The van der Waals surface area contributed by atoms with Crippen LogP contribution in [0.3, 0.4) is 0 Å². The molecule has 0 aromatic heterocycles. The fourth-order valence-electron chi connectivity index (χ4n) is 7.31. The van der Waals surface area contributed by atoms with Crippen molar-refractivity contribution in [2.24, 2.45) is 9.98 Å². The van der Waals surface area contributed by atoms with Crippen molar-refractivity contribution in [2.75, 3.05) is 0 Å². The monoisotopic (exact) mass is 761 g/mol. The van der Waals surface area contributed by atoms with Crippen LogP contribution in [0.25, 0.3) is 0 Å². The number of unbranched alkanes of at least 4 members (excludes halogenated alkanes) is 22. The van der Waals surface area contributed by atoms with Gasteiger partial charge in [0.2, 0.25) is 0 Å². The molecule has 0 radical (unpaired) electrons. The molecule has 0 aliphatic rings. The van der Waals surface area contributed by atoms with Gasteiger partial charge in [-0.25, -0.2) is 0 Å². The zero-order valence-corrected chi connectivity index (χ0v) is 37.1. The second-order valence-corrected chi connectivity index (χ2v) is 16.2. The number of para-hydroxylation sites is 2. The molecule has 0 unspecified atom stereocenters. The van der Waals surface area contributed by atoms with Gasteiger partial charge in [-0.15, -0.1) is 23.7 Å². The number of hydrogen-bond acceptors (Lipinski definition) is 2. The maximum Gasteiger partial charge on any atom is 0.0665 e. The smallest absolute Gasteiger partial charge is 0.0665 e. The minimum atomic E-state index is 0.961. The summed E-state index contributed by atoms with van der Waals surface area (Å²) in [7, 11) is 0. The molecular weight excluding hydrogens is 677 g/mol. The van der Waals surface area contributed by atoms with Gasteiger partial charge in [-0.2, -0.15) is 0 Å². The molecule has 0 N–H and O–H groups in total. The van der Waals surface area contributed by atoms with Gasteiger partial charge in [0.05, 0.1) is 22.8 Å². The highest BCUT2D eigenvalue weighted by Crippen LogP contribution is 2.26. The summed E-state index contributed by atoms with van der Waals surface area (Å²) in [5.41, 5.74) is 7.23. The Hall–Kier alpha value is -3.10. The predicted molar refractivity (Wildman–Crippen MR) is 251 cm³/mol. The van der Waals surface area contributed by atoms with E-state index < -0.39 is 0 Å². The van der Waals surface area contributed by atoms with Gasteiger partial charge >= 0.3 is 0 Å². The summed E-state index contributed by atoms with van der Waals surface area (Å²) in [6.07, 6.45) is 39.3. The lowest BCUT2D eigenvalue weighted by molar-refractivity contribution is 0.567. The van der Waals surface area contributed by atoms with Crippen LogP contribution in [0.4, 0.5) is 11.4 Å². The first-order valence-electron chi connectivity index (χ1n) is 24.0. The minimum absolute atomic E-state index is 0.961. The van der Waals surface area contributed by atoms with Crippen molar-refractivity contribution >= 4 is 22.8 Å². The molecule has 2 rings (SSSR count). The molecular formula is C54H84N2. The first-order chi connectivity index (χ1) is 27.7. The summed E-state index contributed by atoms with van der Waals surface area (Å²) in [5.74, 6) is 13.9. The number of nitrogens with zero attached hydrogens (tertiary/aromatic N) is 2. The molecule has 0 atom stereocenters. The number of aryl methyl sites for hydroxylation is 2. The Balaban J connectivity index is 1.98. The van der Waals surface area contributed by atoms with Crippen molar-refractivity contribution in [1.29, 1.82) is 0 Å². The van der Waals surface area contributed by atoms with Crippen molar-refractivity contribution in [2.45, 2.75) is 233 Å². The lowest BCUT2D eigenvalue weighted by Crippen LogP contribution is -2.14. The standard InChI is InChI=1S/C54H84N2/c1-5-9-13-15-17-19-21-23-25-27-29-31-33-35-41-49-43-37-39-47-51(49)55-53(45-11-7-3)54(46-12-8-4)56-52-48-40-38-44-50(52)42-36-34-32-30-28-26-24-22-20-18-16-14-10-6-2/h37-40,43-44,47-48H,5-28,33-36,41-42,45-46H2,1-4H3. The lowest BCUT2D eigenvalue weighted by Gasteiger charge is -2.14. The highest BCUT2D eigenvalue weighted by atomic mass is 14.8. The Labute approximate surface area is 348 Å². The highest BCUT2D eigenvalue weighted by Gasteiger charge is 2.13. The number of rotatable bonds is 33. The first-order valence-corrected chi connectivity index (χ1v) is 24.0. The van der Waals surface area contributed by atoms with Crippen molar-refractivity contribution in [3.05, 3.63) is 59.7 Å². The molecule has 0 aliphatic carbocycles. The molecule has 56 heavy (non-hydrogen) atoms. The molecule has 2 heteroatoms. The number of benzene rings is 2. The molecule has 0 heterocycles. The van der Waals surface area contributed by atoms with E-state index in [1.54, 1.807) is 0 Å². The lowest BCUT2D eigenvalue weighted by atomic mass is 10.0. The summed E-state index contributed by atoms with van der Waals surface area (Å²) in [6.45, 7) is 9.14. The van der Waals surface area contributed by atoms with E-state index in [1.807, 2.05) is 0 Å². The summed E-state index contributed by atoms with van der Waals surface area (Å²) >= 11 is 0. The Kier molecular flexibility index (Phi) is 31.8. The first kappa shape index (κ1) is 49.0. The topological polar surface area (TPSA) is 24.7 Å². The van der Waals surface area contributed by atoms with Crippen LogP contribution in [0, 0.1) is 23.7 Å². The fraction of sp³-hybridized carbons (Fsp3) is 0.667. The molecule has 2 aromatic rings. The molecule has 2 aromatic carbocycles. The van der Waals surface area contributed by atoms with E-state index in [2.05, 4.69) is 99.9 Å². The van der Waals surface area contributed by atoms with Crippen molar-refractivity contribution in [1.82, 2.24) is 0 Å². The fourth-order valence-corrected chi connectivity index (χ4v) is 7.31. The number of aliphatic imine (C=N–C) groups is 2. The van der Waals surface area contributed by atoms with E-state index in [1.165, 1.54) is 138 Å². The Bertz CT molecular complexity index is 1310. The van der Waals surface area contributed by atoms with Crippen LogP contribution < -0.4 is 0 Å². The van der Waals surface area contributed by atoms with Gasteiger partial charge in [0.1, 0.15) is 0 Å². The Morgan fingerprint density at radius 1 is 0.357 bits per heavy atom. The quantitative estimate of drug-likeness (QED) is 0.0393. The molecule has 0 saturated heterocycles. The SMILES string of the molecule is CCCCCCCCCCCC#CCCCc1ccccc1N=C(CCCC)C(CCCC)=Nc1ccccc1CCCC#CCCCCCCCCCCC. The maximum atomic E-state index is 5.43. The normalized spacial score (nSPS) is 11.6. The van der Waals surface area contributed by atoms with E-state index in [4.69, 9.17) is 9.98 Å². The van der Waals surface area contributed by atoms with Crippen molar-refractivity contribution < 1.29 is 0 Å². The van der Waals surface area contributed by atoms with Crippen LogP contribution in [-0.2, 0) is 12.8 Å². The molecule has 0 bridgehead atoms. The van der Waals surface area contributed by atoms with Gasteiger partial charge in [0.25, 0.3) is 0 Å². The molecule has 0 aliphatic heterocycles. The van der Waals surface area contributed by atoms with Crippen LogP contribution in [0.15, 0.2) is 58.5 Å². The Morgan fingerprint density at radius 3 is 1.02 bits per heavy atom. The van der Waals surface area contributed by atoms with Crippen molar-refractivity contribution in [3.63, 3.8) is 0 Å². The summed E-state index contributed by atoms with van der Waals surface area (Å²) in [4.78, 5) is 10.9. The molecule has 0 fully saturated rings. The zero-order valence-electron chi connectivity index (χ0n) is 37.1. The summed E-state index contributed by atoms with van der Waals surface area (Å²) < 4.78 is 0. The number of hydrogen-bond donors (Lipinski definition) is 0. The van der Waals surface area contributed by atoms with E-state index in [0.29, 0.717) is 0 Å². The average molecular weight is 761 g/mol. The summed E-state index contributed by atoms with van der Waals surface area (Å²) in [6, 6.07) is 17.6. The highest BCUT2D eigenvalue weighted by molar-refractivity contribution is 6.43. The van der Waals surface area contributed by atoms with E-state index in [9.17, 15) is 0 Å². The summed E-state index contributed by atoms with van der Waals surface area (Å²) in [5, 5.41) is 0. The average Bonchev–Trinajstić information content (AvgIpc) is 3.22. The Morgan fingerprint density at radius 2 is 0.661 bits per heavy atom. The van der Waals surface area contributed by atoms with Gasteiger partial charge in [-0.1, -0.05) is 180 Å². The third-order valence-corrected chi connectivity index (χ3v) is 10.9.